The molecule has 0 radical (unpaired) electrons. The maximum atomic E-state index is 12.0. The van der Waals surface area contributed by atoms with Crippen LogP contribution < -0.4 is 5.32 Å². The Morgan fingerprint density at radius 3 is 3.09 bits per heavy atom. The lowest BCUT2D eigenvalue weighted by atomic mass is 10.2. The van der Waals surface area contributed by atoms with Crippen molar-refractivity contribution in [3.63, 3.8) is 0 Å². The van der Waals surface area contributed by atoms with Gasteiger partial charge in [-0.15, -0.1) is 11.3 Å². The maximum absolute atomic E-state index is 12.0. The SMILES string of the molecule is C[C@H](Cn1cncn1)NC(=O)CCc1ccc(-c2cccs2)o1. The van der Waals surface area contributed by atoms with Gasteiger partial charge in [0.05, 0.1) is 11.4 Å². The fourth-order valence-electron chi connectivity index (χ4n) is 2.30. The molecule has 23 heavy (non-hydrogen) atoms. The zero-order valence-corrected chi connectivity index (χ0v) is 13.6. The fourth-order valence-corrected chi connectivity index (χ4v) is 2.99. The summed E-state index contributed by atoms with van der Waals surface area (Å²) in [4.78, 5) is 17.0. The predicted molar refractivity (Wildman–Crippen MR) is 88.0 cm³/mol. The zero-order valence-electron chi connectivity index (χ0n) is 12.8. The number of rotatable bonds is 7. The minimum absolute atomic E-state index is 0.00230. The van der Waals surface area contributed by atoms with E-state index < -0.39 is 0 Å². The molecule has 120 valence electrons. The molecule has 0 bridgehead atoms. The molecule has 3 rings (SSSR count). The van der Waals surface area contributed by atoms with Gasteiger partial charge in [-0.25, -0.2) is 4.98 Å². The summed E-state index contributed by atoms with van der Waals surface area (Å²) in [6.07, 6.45) is 4.11. The third-order valence-electron chi connectivity index (χ3n) is 3.36. The van der Waals surface area contributed by atoms with Gasteiger partial charge in [0.15, 0.2) is 0 Å². The molecule has 3 aromatic heterocycles. The van der Waals surface area contributed by atoms with Crippen molar-refractivity contribution in [1.82, 2.24) is 20.1 Å². The van der Waals surface area contributed by atoms with Gasteiger partial charge in [-0.1, -0.05) is 6.07 Å². The highest BCUT2D eigenvalue weighted by Crippen LogP contribution is 2.26. The standard InChI is InChI=1S/C16H18N4O2S/c1-12(9-20-11-17-10-18-20)19-16(21)7-5-13-4-6-14(22-13)15-3-2-8-23-15/h2-4,6,8,10-12H,5,7,9H2,1H3,(H,19,21)/t12-/m1/s1. The summed E-state index contributed by atoms with van der Waals surface area (Å²) in [6.45, 7) is 2.55. The Labute approximate surface area is 138 Å². The van der Waals surface area contributed by atoms with Crippen LogP contribution in [0.5, 0.6) is 0 Å². The molecule has 0 aromatic carbocycles. The Kier molecular flexibility index (Phi) is 4.87. The van der Waals surface area contributed by atoms with Crippen molar-refractivity contribution < 1.29 is 9.21 Å². The van der Waals surface area contributed by atoms with Gasteiger partial charge in [-0.05, 0) is 30.5 Å². The molecule has 0 saturated carbocycles. The predicted octanol–water partition coefficient (Wildman–Crippen LogP) is 2.74. The van der Waals surface area contributed by atoms with E-state index in [0.29, 0.717) is 19.4 Å². The molecule has 7 heteroatoms. The highest BCUT2D eigenvalue weighted by molar-refractivity contribution is 7.13. The number of aryl methyl sites for hydroxylation is 1. The van der Waals surface area contributed by atoms with E-state index >= 15 is 0 Å². The third kappa shape index (κ3) is 4.29. The van der Waals surface area contributed by atoms with Crippen LogP contribution in [0.1, 0.15) is 19.1 Å². The molecule has 0 aliphatic carbocycles. The Balaban J connectivity index is 1.45. The number of aromatic nitrogens is 3. The quantitative estimate of drug-likeness (QED) is 0.723. The Bertz CT molecular complexity index is 734. The van der Waals surface area contributed by atoms with Crippen LogP contribution >= 0.6 is 11.3 Å². The van der Waals surface area contributed by atoms with Crippen molar-refractivity contribution in [3.8, 4) is 10.6 Å². The molecule has 6 nitrogen and oxygen atoms in total. The van der Waals surface area contributed by atoms with Crippen LogP contribution in [0.4, 0.5) is 0 Å². The van der Waals surface area contributed by atoms with E-state index in [2.05, 4.69) is 15.4 Å². The van der Waals surface area contributed by atoms with Crippen molar-refractivity contribution in [1.29, 1.82) is 0 Å². The molecule has 1 N–H and O–H groups in total. The second-order valence-corrected chi connectivity index (χ2v) is 6.28. The van der Waals surface area contributed by atoms with E-state index in [1.807, 2.05) is 36.6 Å². The first kappa shape index (κ1) is 15.5. The minimum atomic E-state index is 0.00230. The molecular formula is C16H18N4O2S. The second kappa shape index (κ2) is 7.23. The number of hydrogen-bond acceptors (Lipinski definition) is 5. The molecule has 1 atom stereocenters. The highest BCUT2D eigenvalue weighted by Gasteiger charge is 2.11. The maximum Gasteiger partial charge on any atom is 0.220 e. The van der Waals surface area contributed by atoms with Crippen LogP contribution in [-0.2, 0) is 17.8 Å². The normalized spacial score (nSPS) is 12.2. The van der Waals surface area contributed by atoms with E-state index in [4.69, 9.17) is 4.42 Å². The number of nitrogens with zero attached hydrogens (tertiary/aromatic N) is 3. The largest absolute Gasteiger partial charge is 0.460 e. The second-order valence-electron chi connectivity index (χ2n) is 5.33. The number of furan rings is 1. The highest BCUT2D eigenvalue weighted by atomic mass is 32.1. The van der Waals surface area contributed by atoms with Crippen molar-refractivity contribution in [2.45, 2.75) is 32.4 Å². The lowest BCUT2D eigenvalue weighted by Crippen LogP contribution is -2.35. The minimum Gasteiger partial charge on any atom is -0.460 e. The summed E-state index contributed by atoms with van der Waals surface area (Å²) in [7, 11) is 0. The topological polar surface area (TPSA) is 73.0 Å². The van der Waals surface area contributed by atoms with Gasteiger partial charge >= 0.3 is 0 Å². The lowest BCUT2D eigenvalue weighted by molar-refractivity contribution is -0.121. The average Bonchev–Trinajstić information content (AvgIpc) is 3.26. The summed E-state index contributed by atoms with van der Waals surface area (Å²) in [5, 5.41) is 9.00. The summed E-state index contributed by atoms with van der Waals surface area (Å²) in [5.74, 6) is 1.69. The van der Waals surface area contributed by atoms with Gasteiger partial charge in [0, 0.05) is 18.9 Å². The number of thiophene rings is 1. The smallest absolute Gasteiger partial charge is 0.220 e. The Morgan fingerprint density at radius 2 is 2.35 bits per heavy atom. The molecule has 0 spiro atoms. The van der Waals surface area contributed by atoms with Gasteiger partial charge in [0.2, 0.25) is 5.91 Å². The summed E-state index contributed by atoms with van der Waals surface area (Å²) < 4.78 is 7.48. The van der Waals surface area contributed by atoms with Gasteiger partial charge in [-0.3, -0.25) is 9.48 Å². The van der Waals surface area contributed by atoms with Crippen LogP contribution in [-0.4, -0.2) is 26.7 Å². The number of nitrogens with one attached hydrogen (secondary N) is 1. The monoisotopic (exact) mass is 330 g/mol. The molecule has 1 amide bonds. The number of hydrogen-bond donors (Lipinski definition) is 1. The fraction of sp³-hybridized carbons (Fsp3) is 0.312. The van der Waals surface area contributed by atoms with Crippen LogP contribution in [0.3, 0.4) is 0 Å². The van der Waals surface area contributed by atoms with Gasteiger partial charge in [-0.2, -0.15) is 5.10 Å². The van der Waals surface area contributed by atoms with Gasteiger partial charge in [0.25, 0.3) is 0 Å². The first-order valence-corrected chi connectivity index (χ1v) is 8.33. The van der Waals surface area contributed by atoms with E-state index in [9.17, 15) is 4.79 Å². The molecule has 0 saturated heterocycles. The Morgan fingerprint density at radius 1 is 1.43 bits per heavy atom. The zero-order chi connectivity index (χ0) is 16.1. The number of carbonyl (C=O) groups is 1. The van der Waals surface area contributed by atoms with Crippen LogP contribution in [0.2, 0.25) is 0 Å². The van der Waals surface area contributed by atoms with Crippen LogP contribution in [0.25, 0.3) is 10.6 Å². The lowest BCUT2D eigenvalue weighted by Gasteiger charge is -2.13. The van der Waals surface area contributed by atoms with Gasteiger partial charge < -0.3 is 9.73 Å². The van der Waals surface area contributed by atoms with Crippen molar-refractivity contribution in [3.05, 3.63) is 48.1 Å². The van der Waals surface area contributed by atoms with Crippen molar-refractivity contribution >= 4 is 17.2 Å². The molecule has 0 unspecified atom stereocenters. The number of carbonyl (C=O) groups excluding carboxylic acids is 1. The van der Waals surface area contributed by atoms with Crippen molar-refractivity contribution in [2.75, 3.05) is 0 Å². The first-order chi connectivity index (χ1) is 11.2. The van der Waals surface area contributed by atoms with E-state index in [-0.39, 0.29) is 11.9 Å². The summed E-state index contributed by atoms with van der Waals surface area (Å²) >= 11 is 1.64. The molecule has 3 heterocycles. The van der Waals surface area contributed by atoms with E-state index in [0.717, 1.165) is 16.4 Å². The summed E-state index contributed by atoms with van der Waals surface area (Å²) in [5.41, 5.74) is 0. The summed E-state index contributed by atoms with van der Waals surface area (Å²) in [6, 6.07) is 7.90. The molecule has 3 aromatic rings. The van der Waals surface area contributed by atoms with Crippen LogP contribution in [0.15, 0.2) is 46.7 Å². The van der Waals surface area contributed by atoms with E-state index in [1.165, 1.54) is 6.33 Å². The van der Waals surface area contributed by atoms with Gasteiger partial charge in [0.1, 0.15) is 24.2 Å². The average molecular weight is 330 g/mol. The Hall–Kier alpha value is -2.41. The molecular weight excluding hydrogens is 312 g/mol. The van der Waals surface area contributed by atoms with Crippen LogP contribution in [0, 0.1) is 0 Å². The molecule has 0 aliphatic rings. The first-order valence-electron chi connectivity index (χ1n) is 7.45. The van der Waals surface area contributed by atoms with Crippen molar-refractivity contribution in [2.24, 2.45) is 0 Å². The molecule has 0 fully saturated rings. The van der Waals surface area contributed by atoms with E-state index in [1.54, 1.807) is 22.3 Å². The number of amides is 1. The third-order valence-corrected chi connectivity index (χ3v) is 4.24. The molecule has 0 aliphatic heterocycles.